The number of nitrogen functional groups attached to an aromatic ring is 1. The highest BCUT2D eigenvalue weighted by Crippen LogP contribution is 2.28. The van der Waals surface area contributed by atoms with Crippen molar-refractivity contribution in [3.8, 4) is 5.75 Å². The monoisotopic (exact) mass is 240 g/mol. The number of rotatable bonds is 4. The molecule has 1 aromatic carbocycles. The predicted molar refractivity (Wildman–Crippen MR) is 63.4 cm³/mol. The van der Waals surface area contributed by atoms with Gasteiger partial charge in [-0.15, -0.1) is 0 Å². The first-order chi connectivity index (χ1) is 8.20. The summed E-state index contributed by atoms with van der Waals surface area (Å²) in [5.74, 6) is -0.133. The standard InChI is InChI=1S/C12H17FN2O2/c1-15-6-8-4-9(14)5-11(13)12(8)17-10-2-3-16-7-10/h4-5,10,15H,2-3,6-7,14H2,1H3/t10-/m0/s1. The lowest BCUT2D eigenvalue weighted by atomic mass is 10.1. The second-order valence-electron chi connectivity index (χ2n) is 4.12. The average Bonchev–Trinajstić information content (AvgIpc) is 2.76. The molecule has 5 heteroatoms. The topological polar surface area (TPSA) is 56.5 Å². The number of benzene rings is 1. The van der Waals surface area contributed by atoms with Crippen LogP contribution in [0.5, 0.6) is 5.75 Å². The maximum atomic E-state index is 13.8. The van der Waals surface area contributed by atoms with Crippen LogP contribution in [0, 0.1) is 5.82 Å². The average molecular weight is 240 g/mol. The van der Waals surface area contributed by atoms with Gasteiger partial charge in [0, 0.05) is 30.3 Å². The number of hydrogen-bond acceptors (Lipinski definition) is 4. The van der Waals surface area contributed by atoms with Crippen LogP contribution in [0.4, 0.5) is 10.1 Å². The van der Waals surface area contributed by atoms with Gasteiger partial charge in [-0.2, -0.15) is 0 Å². The summed E-state index contributed by atoms with van der Waals surface area (Å²) in [6.07, 6.45) is 0.728. The summed E-state index contributed by atoms with van der Waals surface area (Å²) in [4.78, 5) is 0. The molecule has 94 valence electrons. The van der Waals surface area contributed by atoms with Crippen molar-refractivity contribution in [2.75, 3.05) is 26.0 Å². The van der Waals surface area contributed by atoms with Crippen LogP contribution in [0.3, 0.4) is 0 Å². The first-order valence-corrected chi connectivity index (χ1v) is 5.67. The maximum absolute atomic E-state index is 13.8. The molecule has 1 aliphatic rings. The van der Waals surface area contributed by atoms with E-state index < -0.39 is 5.82 Å². The minimum absolute atomic E-state index is 0.0660. The molecular weight excluding hydrogens is 223 g/mol. The minimum Gasteiger partial charge on any atom is -0.485 e. The molecule has 4 nitrogen and oxygen atoms in total. The van der Waals surface area contributed by atoms with Gasteiger partial charge in [-0.25, -0.2) is 4.39 Å². The quantitative estimate of drug-likeness (QED) is 0.779. The van der Waals surface area contributed by atoms with E-state index >= 15 is 0 Å². The first kappa shape index (κ1) is 12.1. The van der Waals surface area contributed by atoms with E-state index in [1.54, 1.807) is 13.1 Å². The summed E-state index contributed by atoms with van der Waals surface area (Å²) in [6, 6.07) is 3.01. The van der Waals surface area contributed by atoms with Crippen molar-refractivity contribution >= 4 is 5.69 Å². The Labute approximate surface area is 99.9 Å². The Kier molecular flexibility index (Phi) is 3.81. The van der Waals surface area contributed by atoms with Gasteiger partial charge in [0.25, 0.3) is 0 Å². The molecule has 0 spiro atoms. The molecule has 2 rings (SSSR count). The van der Waals surface area contributed by atoms with Crippen LogP contribution in [0.1, 0.15) is 12.0 Å². The van der Waals surface area contributed by atoms with Gasteiger partial charge in [0.2, 0.25) is 0 Å². The van der Waals surface area contributed by atoms with E-state index in [9.17, 15) is 4.39 Å². The van der Waals surface area contributed by atoms with Crippen molar-refractivity contribution in [1.82, 2.24) is 5.32 Å². The Bertz CT molecular complexity index is 392. The van der Waals surface area contributed by atoms with E-state index in [1.165, 1.54) is 6.07 Å². The summed E-state index contributed by atoms with van der Waals surface area (Å²) in [5, 5.41) is 2.97. The van der Waals surface area contributed by atoms with Gasteiger partial charge in [-0.05, 0) is 13.1 Å². The molecule has 0 aromatic heterocycles. The molecule has 0 aliphatic carbocycles. The van der Waals surface area contributed by atoms with Gasteiger partial charge in [0.05, 0.1) is 13.2 Å². The zero-order valence-corrected chi connectivity index (χ0v) is 9.83. The van der Waals surface area contributed by atoms with E-state index in [0.717, 1.165) is 12.0 Å². The molecule has 1 aliphatic heterocycles. The zero-order chi connectivity index (χ0) is 12.3. The highest BCUT2D eigenvalue weighted by molar-refractivity contribution is 5.49. The highest BCUT2D eigenvalue weighted by atomic mass is 19.1. The highest BCUT2D eigenvalue weighted by Gasteiger charge is 2.21. The van der Waals surface area contributed by atoms with Gasteiger partial charge in [-0.3, -0.25) is 0 Å². The lowest BCUT2D eigenvalue weighted by molar-refractivity contribution is 0.137. The predicted octanol–water partition coefficient (Wildman–Crippen LogP) is 1.29. The van der Waals surface area contributed by atoms with Gasteiger partial charge in [0.15, 0.2) is 11.6 Å². The molecule has 17 heavy (non-hydrogen) atoms. The van der Waals surface area contributed by atoms with Gasteiger partial charge in [0.1, 0.15) is 6.10 Å². The number of halogens is 1. The third-order valence-corrected chi connectivity index (χ3v) is 2.68. The van der Waals surface area contributed by atoms with Crippen LogP contribution in [-0.4, -0.2) is 26.4 Å². The van der Waals surface area contributed by atoms with Crippen LogP contribution in [0.25, 0.3) is 0 Å². The van der Waals surface area contributed by atoms with Crippen LogP contribution in [0.2, 0.25) is 0 Å². The van der Waals surface area contributed by atoms with Crippen molar-refractivity contribution in [3.63, 3.8) is 0 Å². The lowest BCUT2D eigenvalue weighted by Gasteiger charge is -2.16. The number of ether oxygens (including phenoxy) is 2. The van der Waals surface area contributed by atoms with Crippen LogP contribution in [0.15, 0.2) is 12.1 Å². The molecular formula is C12H17FN2O2. The third kappa shape index (κ3) is 2.87. The van der Waals surface area contributed by atoms with Crippen LogP contribution >= 0.6 is 0 Å². The molecule has 1 heterocycles. The fourth-order valence-corrected chi connectivity index (χ4v) is 1.90. The van der Waals surface area contributed by atoms with Crippen molar-refractivity contribution in [2.24, 2.45) is 0 Å². The summed E-state index contributed by atoms with van der Waals surface area (Å²) in [6.45, 7) is 1.70. The summed E-state index contributed by atoms with van der Waals surface area (Å²) >= 11 is 0. The molecule has 0 radical (unpaired) electrons. The fraction of sp³-hybridized carbons (Fsp3) is 0.500. The van der Waals surface area contributed by atoms with Gasteiger partial charge >= 0.3 is 0 Å². The smallest absolute Gasteiger partial charge is 0.167 e. The molecule has 1 saturated heterocycles. The molecule has 0 unspecified atom stereocenters. The normalized spacial score (nSPS) is 19.5. The Morgan fingerprint density at radius 3 is 3.06 bits per heavy atom. The van der Waals surface area contributed by atoms with Crippen LogP contribution in [-0.2, 0) is 11.3 Å². The van der Waals surface area contributed by atoms with Gasteiger partial charge < -0.3 is 20.5 Å². The molecule has 0 bridgehead atoms. The summed E-state index contributed by atoms with van der Waals surface area (Å²) in [5.41, 5.74) is 6.76. The summed E-state index contributed by atoms with van der Waals surface area (Å²) in [7, 11) is 1.80. The third-order valence-electron chi connectivity index (χ3n) is 2.68. The lowest BCUT2D eigenvalue weighted by Crippen LogP contribution is -2.19. The van der Waals surface area contributed by atoms with Crippen molar-refractivity contribution < 1.29 is 13.9 Å². The fourth-order valence-electron chi connectivity index (χ4n) is 1.90. The Balaban J connectivity index is 2.22. The molecule has 1 fully saturated rings. The molecule has 3 N–H and O–H groups in total. The second kappa shape index (κ2) is 5.33. The Morgan fingerprint density at radius 1 is 1.59 bits per heavy atom. The number of nitrogens with two attached hydrogens (primary N) is 1. The summed E-state index contributed by atoms with van der Waals surface area (Å²) < 4.78 is 24.7. The SMILES string of the molecule is CNCc1cc(N)cc(F)c1O[C@H]1CCOC1. The minimum atomic E-state index is -0.415. The van der Waals surface area contributed by atoms with Gasteiger partial charge in [-0.1, -0.05) is 0 Å². The Morgan fingerprint density at radius 2 is 2.41 bits per heavy atom. The Hall–Kier alpha value is -1.33. The number of nitrogens with one attached hydrogen (secondary N) is 1. The largest absolute Gasteiger partial charge is 0.485 e. The van der Waals surface area contributed by atoms with E-state index in [-0.39, 0.29) is 11.9 Å². The number of hydrogen-bond donors (Lipinski definition) is 2. The number of anilines is 1. The van der Waals surface area contributed by atoms with E-state index in [0.29, 0.717) is 25.4 Å². The van der Waals surface area contributed by atoms with Crippen molar-refractivity contribution in [1.29, 1.82) is 0 Å². The molecule has 1 atom stereocenters. The second-order valence-corrected chi connectivity index (χ2v) is 4.12. The maximum Gasteiger partial charge on any atom is 0.167 e. The molecule has 0 amide bonds. The van der Waals surface area contributed by atoms with E-state index in [4.69, 9.17) is 15.2 Å². The van der Waals surface area contributed by atoms with E-state index in [1.807, 2.05) is 0 Å². The van der Waals surface area contributed by atoms with Crippen molar-refractivity contribution in [2.45, 2.75) is 19.1 Å². The molecule has 0 saturated carbocycles. The van der Waals surface area contributed by atoms with Crippen molar-refractivity contribution in [3.05, 3.63) is 23.5 Å². The zero-order valence-electron chi connectivity index (χ0n) is 9.83. The van der Waals surface area contributed by atoms with Crippen LogP contribution < -0.4 is 15.8 Å². The first-order valence-electron chi connectivity index (χ1n) is 5.67. The molecule has 1 aromatic rings. The van der Waals surface area contributed by atoms with E-state index in [2.05, 4.69) is 5.32 Å².